The van der Waals surface area contributed by atoms with E-state index in [9.17, 15) is 0 Å². The molecule has 0 amide bonds. The lowest BCUT2D eigenvalue weighted by molar-refractivity contribution is -0.0476. The van der Waals surface area contributed by atoms with Crippen LogP contribution in [0.3, 0.4) is 0 Å². The molecule has 0 spiro atoms. The number of aliphatic hydroxyl groups excluding tert-OH is 1. The SMILES string of the molecule is CCOCC(CO)OCc1ccccc1. The minimum atomic E-state index is -0.231. The first-order valence-electron chi connectivity index (χ1n) is 5.21. The van der Waals surface area contributed by atoms with Gasteiger partial charge in [-0.05, 0) is 12.5 Å². The number of benzene rings is 1. The van der Waals surface area contributed by atoms with E-state index in [1.165, 1.54) is 0 Å². The van der Waals surface area contributed by atoms with Crippen molar-refractivity contribution in [2.24, 2.45) is 0 Å². The molecule has 0 aliphatic carbocycles. The van der Waals surface area contributed by atoms with Crippen LogP contribution in [0, 0.1) is 0 Å². The van der Waals surface area contributed by atoms with Crippen molar-refractivity contribution in [3.05, 3.63) is 35.9 Å². The summed E-state index contributed by atoms with van der Waals surface area (Å²) in [7, 11) is 0. The van der Waals surface area contributed by atoms with E-state index in [1.54, 1.807) is 0 Å². The van der Waals surface area contributed by atoms with Crippen molar-refractivity contribution in [3.63, 3.8) is 0 Å². The highest BCUT2D eigenvalue weighted by molar-refractivity contribution is 5.13. The van der Waals surface area contributed by atoms with E-state index in [0.717, 1.165) is 5.56 Å². The van der Waals surface area contributed by atoms with Gasteiger partial charge in [0.25, 0.3) is 0 Å². The Kier molecular flexibility index (Phi) is 6.00. The van der Waals surface area contributed by atoms with Gasteiger partial charge >= 0.3 is 0 Å². The molecule has 1 aromatic rings. The molecule has 0 aliphatic rings. The van der Waals surface area contributed by atoms with Gasteiger partial charge in [-0.2, -0.15) is 0 Å². The minimum Gasteiger partial charge on any atom is -0.394 e. The molecule has 0 radical (unpaired) electrons. The van der Waals surface area contributed by atoms with Crippen LogP contribution in [0.15, 0.2) is 30.3 Å². The molecule has 0 bridgehead atoms. The first kappa shape index (κ1) is 12.2. The summed E-state index contributed by atoms with van der Waals surface area (Å²) in [6.07, 6.45) is -0.231. The monoisotopic (exact) mass is 210 g/mol. The molecule has 1 aromatic carbocycles. The third kappa shape index (κ3) is 4.93. The van der Waals surface area contributed by atoms with E-state index in [1.807, 2.05) is 37.3 Å². The first-order valence-corrected chi connectivity index (χ1v) is 5.21. The summed E-state index contributed by atoms with van der Waals surface area (Å²) in [5, 5.41) is 9.03. The third-order valence-electron chi connectivity index (χ3n) is 2.04. The summed E-state index contributed by atoms with van der Waals surface area (Å²) < 4.78 is 10.7. The fraction of sp³-hybridized carbons (Fsp3) is 0.500. The molecule has 0 aliphatic heterocycles. The van der Waals surface area contributed by atoms with Crippen LogP contribution in [0.25, 0.3) is 0 Å². The second-order valence-corrected chi connectivity index (χ2v) is 3.26. The zero-order valence-corrected chi connectivity index (χ0v) is 9.06. The number of hydrogen-bond acceptors (Lipinski definition) is 3. The van der Waals surface area contributed by atoms with Crippen LogP contribution in [0.1, 0.15) is 12.5 Å². The highest BCUT2D eigenvalue weighted by Gasteiger charge is 2.07. The molecule has 3 nitrogen and oxygen atoms in total. The molecule has 84 valence electrons. The zero-order valence-electron chi connectivity index (χ0n) is 9.06. The Morgan fingerprint density at radius 3 is 2.60 bits per heavy atom. The minimum absolute atomic E-state index is 0.00711. The molecule has 0 aromatic heterocycles. The van der Waals surface area contributed by atoms with E-state index in [4.69, 9.17) is 14.6 Å². The van der Waals surface area contributed by atoms with Crippen molar-refractivity contribution >= 4 is 0 Å². The van der Waals surface area contributed by atoms with Crippen molar-refractivity contribution in [3.8, 4) is 0 Å². The molecular weight excluding hydrogens is 192 g/mol. The predicted molar refractivity (Wildman–Crippen MR) is 58.6 cm³/mol. The quantitative estimate of drug-likeness (QED) is 0.743. The summed E-state index contributed by atoms with van der Waals surface area (Å²) in [5.74, 6) is 0. The van der Waals surface area contributed by atoms with Gasteiger partial charge in [-0.25, -0.2) is 0 Å². The number of hydrogen-bond donors (Lipinski definition) is 1. The van der Waals surface area contributed by atoms with Crippen LogP contribution in [-0.2, 0) is 16.1 Å². The molecule has 0 fully saturated rings. The van der Waals surface area contributed by atoms with Crippen LogP contribution in [0.4, 0.5) is 0 Å². The fourth-order valence-electron chi connectivity index (χ4n) is 1.19. The van der Waals surface area contributed by atoms with Gasteiger partial charge in [0.2, 0.25) is 0 Å². The molecule has 1 unspecified atom stereocenters. The van der Waals surface area contributed by atoms with Crippen molar-refractivity contribution in [1.82, 2.24) is 0 Å². The lowest BCUT2D eigenvalue weighted by Crippen LogP contribution is -2.23. The predicted octanol–water partition coefficient (Wildman–Crippen LogP) is 1.60. The van der Waals surface area contributed by atoms with Crippen molar-refractivity contribution in [2.75, 3.05) is 19.8 Å². The molecule has 0 saturated heterocycles. The van der Waals surface area contributed by atoms with Crippen LogP contribution >= 0.6 is 0 Å². The lowest BCUT2D eigenvalue weighted by atomic mass is 10.2. The van der Waals surface area contributed by atoms with Gasteiger partial charge in [-0.15, -0.1) is 0 Å². The maximum absolute atomic E-state index is 9.03. The summed E-state index contributed by atoms with van der Waals surface area (Å²) >= 11 is 0. The summed E-state index contributed by atoms with van der Waals surface area (Å²) in [5.41, 5.74) is 1.10. The zero-order chi connectivity index (χ0) is 10.9. The van der Waals surface area contributed by atoms with Crippen molar-refractivity contribution in [1.29, 1.82) is 0 Å². The Morgan fingerprint density at radius 2 is 2.00 bits per heavy atom. The van der Waals surface area contributed by atoms with E-state index in [0.29, 0.717) is 19.8 Å². The standard InChI is InChI=1S/C12H18O3/c1-2-14-10-12(8-13)15-9-11-6-4-3-5-7-11/h3-7,12-13H,2,8-10H2,1H3. The first-order chi connectivity index (χ1) is 7.36. The maximum Gasteiger partial charge on any atom is 0.104 e. The van der Waals surface area contributed by atoms with Gasteiger partial charge in [-0.1, -0.05) is 30.3 Å². The molecule has 1 N–H and O–H groups in total. The molecule has 0 heterocycles. The largest absolute Gasteiger partial charge is 0.394 e. The van der Waals surface area contributed by atoms with E-state index >= 15 is 0 Å². The van der Waals surface area contributed by atoms with Gasteiger partial charge in [0.1, 0.15) is 6.10 Å². The molecule has 0 saturated carbocycles. The summed E-state index contributed by atoms with van der Waals surface area (Å²) in [4.78, 5) is 0. The fourth-order valence-corrected chi connectivity index (χ4v) is 1.19. The van der Waals surface area contributed by atoms with Crippen LogP contribution < -0.4 is 0 Å². The highest BCUT2D eigenvalue weighted by atomic mass is 16.5. The second kappa shape index (κ2) is 7.40. The molecule has 3 heteroatoms. The average molecular weight is 210 g/mol. The Morgan fingerprint density at radius 1 is 1.27 bits per heavy atom. The third-order valence-corrected chi connectivity index (χ3v) is 2.04. The molecule has 1 atom stereocenters. The Hall–Kier alpha value is -0.900. The molecule has 1 rings (SSSR count). The number of rotatable bonds is 7. The average Bonchev–Trinajstić information content (AvgIpc) is 2.31. The molecule has 15 heavy (non-hydrogen) atoms. The topological polar surface area (TPSA) is 38.7 Å². The van der Waals surface area contributed by atoms with Gasteiger partial charge in [-0.3, -0.25) is 0 Å². The van der Waals surface area contributed by atoms with E-state index in [-0.39, 0.29) is 12.7 Å². The van der Waals surface area contributed by atoms with Gasteiger partial charge < -0.3 is 14.6 Å². The van der Waals surface area contributed by atoms with Crippen LogP contribution in [0.2, 0.25) is 0 Å². The number of aliphatic hydroxyl groups is 1. The lowest BCUT2D eigenvalue weighted by Gasteiger charge is -2.15. The van der Waals surface area contributed by atoms with Crippen LogP contribution in [0.5, 0.6) is 0 Å². The summed E-state index contributed by atoms with van der Waals surface area (Å²) in [6, 6.07) is 9.89. The smallest absolute Gasteiger partial charge is 0.104 e. The van der Waals surface area contributed by atoms with Crippen molar-refractivity contribution in [2.45, 2.75) is 19.6 Å². The Labute approximate surface area is 90.6 Å². The highest BCUT2D eigenvalue weighted by Crippen LogP contribution is 2.03. The Balaban J connectivity index is 2.28. The van der Waals surface area contributed by atoms with Crippen molar-refractivity contribution < 1.29 is 14.6 Å². The number of ether oxygens (including phenoxy) is 2. The van der Waals surface area contributed by atoms with E-state index < -0.39 is 0 Å². The van der Waals surface area contributed by atoms with Gasteiger partial charge in [0.15, 0.2) is 0 Å². The Bertz CT molecular complexity index is 248. The second-order valence-electron chi connectivity index (χ2n) is 3.26. The van der Waals surface area contributed by atoms with Gasteiger partial charge in [0, 0.05) is 6.61 Å². The maximum atomic E-state index is 9.03. The molecular formula is C12H18O3. The normalized spacial score (nSPS) is 12.7. The van der Waals surface area contributed by atoms with E-state index in [2.05, 4.69) is 0 Å². The van der Waals surface area contributed by atoms with Crippen LogP contribution in [-0.4, -0.2) is 31.0 Å². The van der Waals surface area contributed by atoms with Gasteiger partial charge in [0.05, 0.1) is 19.8 Å². The summed E-state index contributed by atoms with van der Waals surface area (Å²) in [6.45, 7) is 3.52.